The van der Waals surface area contributed by atoms with Crippen LogP contribution in [0.4, 0.5) is 0 Å². The number of oxazole rings is 1. The molecule has 0 atom stereocenters. The van der Waals surface area contributed by atoms with E-state index in [1.54, 1.807) is 6.08 Å². The molecule has 0 aliphatic heterocycles. The van der Waals surface area contributed by atoms with Gasteiger partial charge in [-0.15, -0.1) is 0 Å². The Morgan fingerprint density at radius 3 is 2.63 bits per heavy atom. The topological polar surface area (TPSA) is 63.4 Å². The fraction of sp³-hybridized carbons (Fsp3) is 0.0714. The lowest BCUT2D eigenvalue weighted by atomic mass is 10.2. The molecule has 0 aliphatic carbocycles. The van der Waals surface area contributed by atoms with E-state index >= 15 is 0 Å². The monoisotopic (exact) mass is 256 g/mol. The van der Waals surface area contributed by atoms with Gasteiger partial charge in [-0.2, -0.15) is 0 Å². The van der Waals surface area contributed by atoms with Gasteiger partial charge in [0.25, 0.3) is 5.89 Å². The first-order valence-electron chi connectivity index (χ1n) is 5.62. The van der Waals surface area contributed by atoms with E-state index < -0.39 is 5.91 Å². The lowest BCUT2D eigenvalue weighted by molar-refractivity contribution is -0.105. The third-order valence-electron chi connectivity index (χ3n) is 2.54. The summed E-state index contributed by atoms with van der Waals surface area (Å²) in [5.74, 6) is -0.525. The van der Waals surface area contributed by atoms with Gasteiger partial charge in [-0.3, -0.25) is 9.59 Å². The van der Waals surface area contributed by atoms with Crippen LogP contribution in [0.3, 0.4) is 0 Å². The highest BCUT2D eigenvalue weighted by molar-refractivity contribution is 5.96. The van der Waals surface area contributed by atoms with Crippen LogP contribution in [-0.4, -0.2) is 29.1 Å². The minimum atomic E-state index is -0.473. The summed E-state index contributed by atoms with van der Waals surface area (Å²) < 4.78 is 4.92. The zero-order chi connectivity index (χ0) is 13.7. The van der Waals surface area contributed by atoms with Crippen LogP contribution in [0.15, 0.2) is 52.9 Å². The van der Waals surface area contributed by atoms with Gasteiger partial charge in [0.2, 0.25) is 0 Å². The molecule has 19 heavy (non-hydrogen) atoms. The Morgan fingerprint density at radius 2 is 2.05 bits per heavy atom. The quantitative estimate of drug-likeness (QED) is 0.620. The molecule has 1 aromatic carbocycles. The molecule has 5 heteroatoms. The van der Waals surface area contributed by atoms with E-state index in [0.717, 1.165) is 5.56 Å². The van der Waals surface area contributed by atoms with E-state index in [1.165, 1.54) is 24.4 Å². The number of benzene rings is 1. The summed E-state index contributed by atoms with van der Waals surface area (Å²) in [4.78, 5) is 28.0. The van der Waals surface area contributed by atoms with Crippen molar-refractivity contribution in [2.24, 2.45) is 0 Å². The minimum Gasteiger partial charge on any atom is -0.441 e. The first-order chi connectivity index (χ1) is 9.22. The third-order valence-corrected chi connectivity index (χ3v) is 2.54. The Balaban J connectivity index is 2.25. The van der Waals surface area contributed by atoms with E-state index in [-0.39, 0.29) is 11.6 Å². The van der Waals surface area contributed by atoms with Crippen LogP contribution in [0.5, 0.6) is 0 Å². The van der Waals surface area contributed by atoms with Crippen LogP contribution >= 0.6 is 0 Å². The van der Waals surface area contributed by atoms with Crippen LogP contribution < -0.4 is 0 Å². The molecule has 0 saturated heterocycles. The molecular formula is C14H12N2O3. The molecule has 0 aliphatic rings. The van der Waals surface area contributed by atoms with Crippen molar-refractivity contribution in [2.75, 3.05) is 7.05 Å². The van der Waals surface area contributed by atoms with Crippen LogP contribution in [0.25, 0.3) is 6.08 Å². The van der Waals surface area contributed by atoms with Crippen LogP contribution in [0.2, 0.25) is 0 Å². The Hall–Kier alpha value is -2.69. The SMILES string of the molecule is CN(C(=O)c1ncco1)C(C=O)=Cc1ccccc1. The molecule has 0 fully saturated rings. The van der Waals surface area contributed by atoms with Gasteiger partial charge in [0.05, 0.1) is 11.9 Å². The van der Waals surface area contributed by atoms with E-state index in [2.05, 4.69) is 4.98 Å². The normalized spacial score (nSPS) is 11.1. The van der Waals surface area contributed by atoms with Crippen LogP contribution in [-0.2, 0) is 4.79 Å². The van der Waals surface area contributed by atoms with Crippen molar-refractivity contribution >= 4 is 18.3 Å². The van der Waals surface area contributed by atoms with Crippen LogP contribution in [0.1, 0.15) is 16.2 Å². The molecule has 2 aromatic rings. The number of carbonyl (C=O) groups excluding carboxylic acids is 2. The smallest absolute Gasteiger partial charge is 0.313 e. The van der Waals surface area contributed by atoms with Gasteiger partial charge in [0.15, 0.2) is 6.29 Å². The highest BCUT2D eigenvalue weighted by atomic mass is 16.4. The lowest BCUT2D eigenvalue weighted by Crippen LogP contribution is -2.27. The maximum Gasteiger partial charge on any atom is 0.313 e. The highest BCUT2D eigenvalue weighted by Crippen LogP contribution is 2.10. The van der Waals surface area contributed by atoms with Gasteiger partial charge >= 0.3 is 5.91 Å². The Morgan fingerprint density at radius 1 is 1.32 bits per heavy atom. The summed E-state index contributed by atoms with van der Waals surface area (Å²) in [6.45, 7) is 0. The van der Waals surface area contributed by atoms with Crippen molar-refractivity contribution in [3.8, 4) is 0 Å². The number of hydrogen-bond donors (Lipinski definition) is 0. The third kappa shape index (κ3) is 2.95. The molecule has 2 rings (SSSR count). The van der Waals surface area contributed by atoms with Crippen molar-refractivity contribution in [1.29, 1.82) is 0 Å². The zero-order valence-corrected chi connectivity index (χ0v) is 10.3. The van der Waals surface area contributed by atoms with Gasteiger partial charge in [-0.05, 0) is 11.6 Å². The maximum atomic E-state index is 12.0. The molecule has 1 aromatic heterocycles. The van der Waals surface area contributed by atoms with Crippen molar-refractivity contribution in [2.45, 2.75) is 0 Å². The molecule has 0 saturated carbocycles. The Kier molecular flexibility index (Phi) is 3.87. The molecule has 0 bridgehead atoms. The van der Waals surface area contributed by atoms with Crippen LogP contribution in [0, 0.1) is 0 Å². The second-order valence-electron chi connectivity index (χ2n) is 3.80. The molecule has 1 amide bonds. The second kappa shape index (κ2) is 5.77. The number of hydrogen-bond acceptors (Lipinski definition) is 4. The molecule has 0 spiro atoms. The number of rotatable bonds is 4. The van der Waals surface area contributed by atoms with Gasteiger partial charge in [-0.1, -0.05) is 30.3 Å². The summed E-state index contributed by atoms with van der Waals surface area (Å²) in [6.07, 6.45) is 4.92. The largest absolute Gasteiger partial charge is 0.441 e. The molecular weight excluding hydrogens is 244 g/mol. The Labute approximate surface area is 110 Å². The highest BCUT2D eigenvalue weighted by Gasteiger charge is 2.19. The number of likely N-dealkylation sites (N-methyl/N-ethyl adjacent to an activating group) is 1. The first-order valence-corrected chi connectivity index (χ1v) is 5.62. The van der Waals surface area contributed by atoms with Crippen molar-refractivity contribution < 1.29 is 14.0 Å². The minimum absolute atomic E-state index is 0.0525. The fourth-order valence-corrected chi connectivity index (χ4v) is 1.52. The predicted molar refractivity (Wildman–Crippen MR) is 69.1 cm³/mol. The number of nitrogens with zero attached hydrogens (tertiary/aromatic N) is 2. The summed E-state index contributed by atoms with van der Waals surface area (Å²) in [7, 11) is 1.50. The average molecular weight is 256 g/mol. The van der Waals surface area contributed by atoms with Gasteiger partial charge in [0, 0.05) is 7.05 Å². The zero-order valence-electron chi connectivity index (χ0n) is 10.3. The number of amides is 1. The predicted octanol–water partition coefficient (Wildman–Crippen LogP) is 1.99. The molecule has 0 radical (unpaired) electrons. The number of aromatic nitrogens is 1. The van der Waals surface area contributed by atoms with Gasteiger partial charge in [0.1, 0.15) is 6.26 Å². The molecule has 0 N–H and O–H groups in total. The number of carbonyl (C=O) groups is 2. The summed E-state index contributed by atoms with van der Waals surface area (Å²) in [5.41, 5.74) is 1.06. The van der Waals surface area contributed by atoms with Gasteiger partial charge in [-0.25, -0.2) is 4.98 Å². The molecule has 1 heterocycles. The van der Waals surface area contributed by atoms with Crippen molar-refractivity contribution in [1.82, 2.24) is 9.88 Å². The number of aldehydes is 1. The summed E-state index contributed by atoms with van der Waals surface area (Å²) >= 11 is 0. The Bertz CT molecular complexity index is 588. The van der Waals surface area contributed by atoms with Crippen molar-refractivity contribution in [3.63, 3.8) is 0 Å². The molecule has 96 valence electrons. The first kappa shape index (κ1) is 12.8. The number of allylic oxidation sites excluding steroid dienone is 1. The molecule has 5 nitrogen and oxygen atoms in total. The van der Waals surface area contributed by atoms with E-state index in [0.29, 0.717) is 6.29 Å². The maximum absolute atomic E-state index is 12.0. The van der Waals surface area contributed by atoms with E-state index in [9.17, 15) is 9.59 Å². The fourth-order valence-electron chi connectivity index (χ4n) is 1.52. The van der Waals surface area contributed by atoms with Crippen molar-refractivity contribution in [3.05, 3.63) is 59.9 Å². The van der Waals surface area contributed by atoms with E-state index in [4.69, 9.17) is 4.42 Å². The van der Waals surface area contributed by atoms with Gasteiger partial charge < -0.3 is 9.32 Å². The second-order valence-corrected chi connectivity index (χ2v) is 3.80. The lowest BCUT2D eigenvalue weighted by Gasteiger charge is -2.14. The summed E-state index contributed by atoms with van der Waals surface area (Å²) in [5, 5.41) is 0. The summed E-state index contributed by atoms with van der Waals surface area (Å²) in [6, 6.07) is 9.26. The van der Waals surface area contributed by atoms with E-state index in [1.807, 2.05) is 30.3 Å². The molecule has 0 unspecified atom stereocenters. The average Bonchev–Trinajstić information content (AvgIpc) is 2.98. The standard InChI is InChI=1S/C14H12N2O3/c1-16(14(18)13-15-7-8-19-13)12(10-17)9-11-5-3-2-4-6-11/h2-10H,1H3.